The molecule has 2 aliphatic rings. The van der Waals surface area contributed by atoms with E-state index in [1.165, 1.54) is 27.6 Å². The third-order valence-electron chi connectivity index (χ3n) is 6.35. The molecule has 1 aliphatic heterocycles. The smallest absolute Gasteiger partial charge is 0.243 e. The van der Waals surface area contributed by atoms with Crippen LogP contribution in [-0.2, 0) is 38.8 Å². The number of nitrogens with zero attached hydrogens (tertiary/aromatic N) is 1. The van der Waals surface area contributed by atoms with E-state index >= 15 is 0 Å². The van der Waals surface area contributed by atoms with E-state index in [4.69, 9.17) is 13.9 Å². The van der Waals surface area contributed by atoms with Crippen molar-refractivity contribution in [2.45, 2.75) is 37.5 Å². The zero-order valence-corrected chi connectivity index (χ0v) is 19.9. The predicted molar refractivity (Wildman–Crippen MR) is 128 cm³/mol. The maximum absolute atomic E-state index is 13.1. The summed E-state index contributed by atoms with van der Waals surface area (Å²) < 4.78 is 44.2. The van der Waals surface area contributed by atoms with Crippen molar-refractivity contribution in [3.8, 4) is 5.75 Å². The zero-order valence-electron chi connectivity index (χ0n) is 19.1. The number of fused-ring (bicyclic) bond motifs is 2. The van der Waals surface area contributed by atoms with Crippen LogP contribution in [0.5, 0.6) is 5.75 Å². The summed E-state index contributed by atoms with van der Waals surface area (Å²) in [5, 5.41) is 3.80. The number of rotatable bonds is 7. The van der Waals surface area contributed by atoms with Gasteiger partial charge >= 0.3 is 0 Å². The number of aryl methyl sites for hydroxylation is 2. The van der Waals surface area contributed by atoms with Gasteiger partial charge < -0.3 is 19.2 Å². The van der Waals surface area contributed by atoms with Crippen LogP contribution >= 0.6 is 0 Å². The molecule has 1 fully saturated rings. The molecule has 0 bridgehead atoms. The summed E-state index contributed by atoms with van der Waals surface area (Å²) in [5.74, 6) is 0.150. The topological polar surface area (TPSA) is 98.1 Å². The molecule has 1 aromatic heterocycles. The van der Waals surface area contributed by atoms with Crippen molar-refractivity contribution in [2.24, 2.45) is 0 Å². The predicted octanol–water partition coefficient (Wildman–Crippen LogP) is 3.52. The molecule has 1 amide bonds. The van der Waals surface area contributed by atoms with Crippen LogP contribution in [0.2, 0.25) is 0 Å². The van der Waals surface area contributed by atoms with Gasteiger partial charge in [0.1, 0.15) is 11.3 Å². The van der Waals surface area contributed by atoms with E-state index in [0.717, 1.165) is 35.8 Å². The van der Waals surface area contributed by atoms with Crippen LogP contribution in [0.15, 0.2) is 45.9 Å². The van der Waals surface area contributed by atoms with E-state index < -0.39 is 10.0 Å². The third kappa shape index (κ3) is 4.43. The number of carbonyl (C=O) groups is 1. The lowest BCUT2D eigenvalue weighted by Crippen LogP contribution is -2.40. The van der Waals surface area contributed by atoms with E-state index in [-0.39, 0.29) is 17.2 Å². The summed E-state index contributed by atoms with van der Waals surface area (Å²) in [6.45, 7) is 3.54. The Labute approximate surface area is 198 Å². The fourth-order valence-electron chi connectivity index (χ4n) is 4.64. The van der Waals surface area contributed by atoms with Gasteiger partial charge in [-0.2, -0.15) is 4.31 Å². The van der Waals surface area contributed by atoms with Gasteiger partial charge in [0.05, 0.1) is 43.1 Å². The number of nitrogens with one attached hydrogen (secondary N) is 1. The van der Waals surface area contributed by atoms with Gasteiger partial charge in [0, 0.05) is 24.0 Å². The number of hydrogen-bond acceptors (Lipinski definition) is 6. The molecular formula is C25H28N2O6S. The second-order valence-corrected chi connectivity index (χ2v) is 10.5. The Kier molecular flexibility index (Phi) is 6.33. The molecule has 34 heavy (non-hydrogen) atoms. The van der Waals surface area contributed by atoms with Crippen molar-refractivity contribution in [2.75, 3.05) is 38.2 Å². The normalized spacial score (nSPS) is 16.5. The molecule has 180 valence electrons. The number of amides is 1. The summed E-state index contributed by atoms with van der Waals surface area (Å²) in [4.78, 5) is 13.1. The third-order valence-corrected chi connectivity index (χ3v) is 8.25. The molecule has 1 N–H and O–H groups in total. The van der Waals surface area contributed by atoms with Crippen LogP contribution in [0.25, 0.3) is 11.0 Å². The van der Waals surface area contributed by atoms with Crippen LogP contribution in [0.4, 0.5) is 5.69 Å². The van der Waals surface area contributed by atoms with E-state index in [1.54, 1.807) is 12.3 Å². The van der Waals surface area contributed by atoms with Crippen molar-refractivity contribution in [3.63, 3.8) is 0 Å². The van der Waals surface area contributed by atoms with Gasteiger partial charge in [0.2, 0.25) is 15.9 Å². The molecule has 5 rings (SSSR count). The van der Waals surface area contributed by atoms with Gasteiger partial charge in [0.25, 0.3) is 0 Å². The van der Waals surface area contributed by atoms with Crippen molar-refractivity contribution in [1.82, 2.24) is 4.31 Å². The number of ether oxygens (including phenoxy) is 2. The minimum Gasteiger partial charge on any atom is -0.492 e. The first-order valence-corrected chi connectivity index (χ1v) is 13.1. The number of furan rings is 1. The molecule has 8 nitrogen and oxygen atoms in total. The minimum atomic E-state index is -3.71. The van der Waals surface area contributed by atoms with E-state index in [1.807, 2.05) is 6.92 Å². The second-order valence-electron chi connectivity index (χ2n) is 8.56. The molecule has 2 heterocycles. The van der Waals surface area contributed by atoms with Crippen molar-refractivity contribution in [3.05, 3.63) is 53.3 Å². The van der Waals surface area contributed by atoms with Crippen LogP contribution in [0.1, 0.15) is 30.0 Å². The highest BCUT2D eigenvalue weighted by Gasteiger charge is 2.27. The summed E-state index contributed by atoms with van der Waals surface area (Å²) in [7, 11) is -3.71. The van der Waals surface area contributed by atoms with E-state index in [9.17, 15) is 13.2 Å². The van der Waals surface area contributed by atoms with Crippen molar-refractivity contribution >= 4 is 32.6 Å². The van der Waals surface area contributed by atoms with E-state index in [0.29, 0.717) is 44.3 Å². The largest absolute Gasteiger partial charge is 0.492 e. The summed E-state index contributed by atoms with van der Waals surface area (Å²) in [6, 6.07) is 8.77. The first-order chi connectivity index (χ1) is 16.5. The second kappa shape index (κ2) is 9.40. The number of sulfonamides is 1. The number of anilines is 1. The van der Waals surface area contributed by atoms with Gasteiger partial charge in [-0.15, -0.1) is 0 Å². The Morgan fingerprint density at radius 2 is 1.88 bits per heavy atom. The Morgan fingerprint density at radius 3 is 2.65 bits per heavy atom. The Hall–Kier alpha value is -2.88. The molecule has 1 aliphatic carbocycles. The molecule has 2 aromatic carbocycles. The fraction of sp³-hybridized carbons (Fsp3) is 0.400. The van der Waals surface area contributed by atoms with Crippen LogP contribution in [-0.4, -0.2) is 51.5 Å². The highest BCUT2D eigenvalue weighted by Crippen LogP contribution is 2.32. The quantitative estimate of drug-likeness (QED) is 0.551. The lowest BCUT2D eigenvalue weighted by Gasteiger charge is -2.26. The summed E-state index contributed by atoms with van der Waals surface area (Å²) in [6.07, 6.45) is 4.98. The fourth-order valence-corrected chi connectivity index (χ4v) is 6.07. The van der Waals surface area contributed by atoms with Gasteiger partial charge in [-0.05, 0) is 67.6 Å². The molecule has 0 atom stereocenters. The Balaban J connectivity index is 1.39. The first kappa shape index (κ1) is 22.9. The zero-order chi connectivity index (χ0) is 23.7. The molecule has 0 spiro atoms. The van der Waals surface area contributed by atoms with Crippen molar-refractivity contribution < 1.29 is 27.1 Å². The highest BCUT2D eigenvalue weighted by molar-refractivity contribution is 7.89. The molecule has 0 radical (unpaired) electrons. The molecule has 3 aromatic rings. The lowest BCUT2D eigenvalue weighted by atomic mass is 10.0. The molecule has 9 heteroatoms. The highest BCUT2D eigenvalue weighted by atomic mass is 32.2. The van der Waals surface area contributed by atoms with Gasteiger partial charge in [-0.3, -0.25) is 4.79 Å². The maximum atomic E-state index is 13.1. The minimum absolute atomic E-state index is 0.109. The van der Waals surface area contributed by atoms with Crippen molar-refractivity contribution in [1.29, 1.82) is 0 Å². The van der Waals surface area contributed by atoms with Crippen LogP contribution in [0, 0.1) is 0 Å². The number of benzene rings is 2. The average molecular weight is 485 g/mol. The Bertz CT molecular complexity index is 1320. The van der Waals surface area contributed by atoms with Gasteiger partial charge in [0.15, 0.2) is 0 Å². The molecule has 1 saturated heterocycles. The summed E-state index contributed by atoms with van der Waals surface area (Å²) in [5.41, 5.74) is 4.55. The summed E-state index contributed by atoms with van der Waals surface area (Å²) >= 11 is 0. The maximum Gasteiger partial charge on any atom is 0.243 e. The standard InChI is InChI=1S/C25H28N2O6S/c1-2-32-23-7-6-20(34(29,30)27-8-10-31-11-9-27)15-22(23)26-25(28)14-19-16-33-24-13-18-5-3-4-17(18)12-21(19)24/h6-7,12-13,15-16H,2-5,8-11,14H2,1H3,(H,26,28). The number of morpholine rings is 1. The van der Waals surface area contributed by atoms with E-state index in [2.05, 4.69) is 17.4 Å². The van der Waals surface area contributed by atoms with Crippen LogP contribution in [0.3, 0.4) is 0 Å². The average Bonchev–Trinajstić information content (AvgIpc) is 3.45. The Morgan fingerprint density at radius 1 is 1.12 bits per heavy atom. The van der Waals surface area contributed by atoms with Crippen LogP contribution < -0.4 is 10.1 Å². The number of carbonyl (C=O) groups excluding carboxylic acids is 1. The molecule has 0 saturated carbocycles. The monoisotopic (exact) mass is 484 g/mol. The lowest BCUT2D eigenvalue weighted by molar-refractivity contribution is -0.115. The molecule has 0 unspecified atom stereocenters. The van der Waals surface area contributed by atoms with Gasteiger partial charge in [-0.25, -0.2) is 8.42 Å². The molecular weight excluding hydrogens is 456 g/mol. The van der Waals surface area contributed by atoms with Gasteiger partial charge in [-0.1, -0.05) is 0 Å². The first-order valence-electron chi connectivity index (χ1n) is 11.6. The SMILES string of the molecule is CCOc1ccc(S(=O)(=O)N2CCOCC2)cc1NC(=O)Cc1coc2cc3c(cc12)CCC3. The number of hydrogen-bond donors (Lipinski definition) is 1.